The van der Waals surface area contributed by atoms with E-state index in [1.54, 1.807) is 36.3 Å². The van der Waals surface area contributed by atoms with Gasteiger partial charge in [-0.3, -0.25) is 4.79 Å². The molecular weight excluding hydrogens is 373 g/mol. The Labute approximate surface area is 170 Å². The van der Waals surface area contributed by atoms with Crippen LogP contribution in [0.25, 0.3) is 0 Å². The minimum Gasteiger partial charge on any atom is -0.467 e. The van der Waals surface area contributed by atoms with Gasteiger partial charge in [-0.1, -0.05) is 12.1 Å². The summed E-state index contributed by atoms with van der Waals surface area (Å²) in [4.78, 5) is 27.1. The summed E-state index contributed by atoms with van der Waals surface area (Å²) in [5.41, 5.74) is 1.50. The summed E-state index contributed by atoms with van der Waals surface area (Å²) >= 11 is 0. The number of nitrogens with one attached hydrogen (secondary N) is 2. The molecule has 156 valence electrons. The molecule has 6 nitrogen and oxygen atoms in total. The molecule has 29 heavy (non-hydrogen) atoms. The van der Waals surface area contributed by atoms with Crippen LogP contribution in [0.4, 0.5) is 9.18 Å². The summed E-state index contributed by atoms with van der Waals surface area (Å²) in [6.45, 7) is 6.66. The van der Waals surface area contributed by atoms with Crippen molar-refractivity contribution < 1.29 is 18.4 Å². The van der Waals surface area contributed by atoms with E-state index in [4.69, 9.17) is 4.42 Å². The van der Waals surface area contributed by atoms with Crippen LogP contribution in [0.5, 0.6) is 0 Å². The molecule has 3 rings (SSSR count). The molecule has 2 atom stereocenters. The predicted molar refractivity (Wildman–Crippen MR) is 108 cm³/mol. The van der Waals surface area contributed by atoms with Crippen LogP contribution in [0, 0.1) is 18.7 Å². The first-order valence-electron chi connectivity index (χ1n) is 9.95. The van der Waals surface area contributed by atoms with E-state index in [2.05, 4.69) is 10.6 Å². The summed E-state index contributed by atoms with van der Waals surface area (Å²) in [5.74, 6) is -0.0967. The van der Waals surface area contributed by atoms with Crippen molar-refractivity contribution >= 4 is 11.9 Å². The number of likely N-dealkylation sites (tertiary alicyclic amines) is 1. The van der Waals surface area contributed by atoms with E-state index >= 15 is 0 Å². The number of aryl methyl sites for hydroxylation is 1. The summed E-state index contributed by atoms with van der Waals surface area (Å²) in [5, 5.41) is 5.80. The Morgan fingerprint density at radius 2 is 2.07 bits per heavy atom. The molecule has 0 radical (unpaired) electrons. The van der Waals surface area contributed by atoms with Crippen molar-refractivity contribution in [1.29, 1.82) is 0 Å². The van der Waals surface area contributed by atoms with Gasteiger partial charge < -0.3 is 20.0 Å². The Bertz CT molecular complexity index is 851. The van der Waals surface area contributed by atoms with Crippen molar-refractivity contribution in [2.24, 2.45) is 5.92 Å². The van der Waals surface area contributed by atoms with Gasteiger partial charge in [0, 0.05) is 25.0 Å². The van der Waals surface area contributed by atoms with Crippen molar-refractivity contribution in [3.8, 4) is 0 Å². The Morgan fingerprint density at radius 3 is 2.72 bits per heavy atom. The van der Waals surface area contributed by atoms with Gasteiger partial charge in [-0.2, -0.15) is 0 Å². The van der Waals surface area contributed by atoms with Crippen LogP contribution in [-0.2, 0) is 11.3 Å². The minimum absolute atomic E-state index is 0.00201. The second-order valence-electron chi connectivity index (χ2n) is 7.94. The van der Waals surface area contributed by atoms with Gasteiger partial charge in [0.2, 0.25) is 5.91 Å². The molecular formula is C22H28FN3O3. The summed E-state index contributed by atoms with van der Waals surface area (Å²) < 4.78 is 19.0. The number of nitrogens with zero attached hydrogens (tertiary/aromatic N) is 1. The molecule has 1 aliphatic heterocycles. The highest BCUT2D eigenvalue weighted by Gasteiger charge is 2.34. The van der Waals surface area contributed by atoms with Crippen molar-refractivity contribution in [3.05, 3.63) is 59.3 Å². The van der Waals surface area contributed by atoms with Gasteiger partial charge in [-0.15, -0.1) is 0 Å². The highest BCUT2D eigenvalue weighted by molar-refractivity contribution is 5.81. The maximum absolute atomic E-state index is 13.7. The van der Waals surface area contributed by atoms with E-state index < -0.39 is 0 Å². The Hall–Kier alpha value is -2.83. The van der Waals surface area contributed by atoms with E-state index in [1.165, 1.54) is 6.07 Å². The van der Waals surface area contributed by atoms with Crippen LogP contribution in [0.15, 0.2) is 41.0 Å². The predicted octanol–water partition coefficient (Wildman–Crippen LogP) is 3.57. The Balaban J connectivity index is 1.76. The quantitative estimate of drug-likeness (QED) is 0.804. The molecule has 1 saturated heterocycles. The van der Waals surface area contributed by atoms with Crippen LogP contribution < -0.4 is 10.6 Å². The summed E-state index contributed by atoms with van der Waals surface area (Å²) in [6, 6.07) is 8.38. The number of hydrogen-bond acceptors (Lipinski definition) is 3. The van der Waals surface area contributed by atoms with Gasteiger partial charge in [0.05, 0.1) is 18.7 Å². The van der Waals surface area contributed by atoms with Gasteiger partial charge in [-0.25, -0.2) is 9.18 Å². The zero-order valence-corrected chi connectivity index (χ0v) is 17.1. The fourth-order valence-electron chi connectivity index (χ4n) is 3.69. The topological polar surface area (TPSA) is 74.6 Å². The number of amides is 3. The van der Waals surface area contributed by atoms with Crippen LogP contribution in [0.1, 0.15) is 43.1 Å². The Kier molecular flexibility index (Phi) is 6.56. The van der Waals surface area contributed by atoms with E-state index in [1.807, 2.05) is 19.9 Å². The summed E-state index contributed by atoms with van der Waals surface area (Å²) in [7, 11) is 0. The van der Waals surface area contributed by atoms with Crippen LogP contribution in [0.2, 0.25) is 0 Å². The fourth-order valence-corrected chi connectivity index (χ4v) is 3.69. The molecule has 1 aromatic heterocycles. The first kappa shape index (κ1) is 20.9. The van der Waals surface area contributed by atoms with Crippen molar-refractivity contribution in [1.82, 2.24) is 15.5 Å². The molecule has 0 spiro atoms. The third-order valence-corrected chi connectivity index (χ3v) is 5.19. The highest BCUT2D eigenvalue weighted by atomic mass is 19.1. The highest BCUT2D eigenvalue weighted by Crippen LogP contribution is 2.31. The number of carbonyl (C=O) groups is 2. The largest absolute Gasteiger partial charge is 0.467 e. The molecule has 1 aliphatic rings. The van der Waals surface area contributed by atoms with E-state index in [0.29, 0.717) is 37.4 Å². The molecule has 0 saturated carbocycles. The third kappa shape index (κ3) is 5.37. The number of rotatable bonds is 5. The zero-order chi connectivity index (χ0) is 21.0. The number of piperidine rings is 1. The van der Waals surface area contributed by atoms with Gasteiger partial charge in [0.1, 0.15) is 11.6 Å². The third-order valence-electron chi connectivity index (χ3n) is 5.19. The van der Waals surface area contributed by atoms with E-state index in [9.17, 15) is 14.0 Å². The number of benzene rings is 1. The number of hydrogen-bond donors (Lipinski definition) is 2. The normalized spacial score (nSPS) is 19.3. The monoisotopic (exact) mass is 401 g/mol. The van der Waals surface area contributed by atoms with Crippen molar-refractivity contribution in [2.75, 3.05) is 13.1 Å². The van der Waals surface area contributed by atoms with Gasteiger partial charge in [-0.05, 0) is 56.5 Å². The maximum Gasteiger partial charge on any atom is 0.317 e. The average Bonchev–Trinajstić information content (AvgIpc) is 3.21. The number of urea groups is 1. The zero-order valence-electron chi connectivity index (χ0n) is 17.1. The molecule has 3 amide bonds. The second-order valence-corrected chi connectivity index (χ2v) is 7.94. The fraction of sp³-hybridized carbons (Fsp3) is 0.455. The molecule has 2 N–H and O–H groups in total. The van der Waals surface area contributed by atoms with Crippen LogP contribution >= 0.6 is 0 Å². The lowest BCUT2D eigenvalue weighted by Gasteiger charge is -2.37. The second kappa shape index (κ2) is 9.11. The van der Waals surface area contributed by atoms with Gasteiger partial charge >= 0.3 is 6.03 Å². The molecule has 0 bridgehead atoms. The van der Waals surface area contributed by atoms with E-state index in [-0.39, 0.29) is 35.6 Å². The maximum atomic E-state index is 13.7. The van der Waals surface area contributed by atoms with Crippen molar-refractivity contribution in [2.45, 2.75) is 45.7 Å². The Morgan fingerprint density at radius 1 is 1.28 bits per heavy atom. The lowest BCUT2D eigenvalue weighted by Crippen LogP contribution is -2.52. The molecule has 7 heteroatoms. The number of halogens is 1. The lowest BCUT2D eigenvalue weighted by atomic mass is 9.83. The molecule has 1 aromatic carbocycles. The number of carbonyl (C=O) groups excluding carboxylic acids is 2. The molecule has 0 aliphatic carbocycles. The van der Waals surface area contributed by atoms with Gasteiger partial charge in [0.15, 0.2) is 0 Å². The van der Waals surface area contributed by atoms with Crippen LogP contribution in [0.3, 0.4) is 0 Å². The minimum atomic E-state index is -0.355. The van der Waals surface area contributed by atoms with Crippen LogP contribution in [-0.4, -0.2) is 36.0 Å². The molecule has 1 fully saturated rings. The molecule has 2 heterocycles. The average molecular weight is 401 g/mol. The molecule has 2 aromatic rings. The van der Waals surface area contributed by atoms with Gasteiger partial charge in [0.25, 0.3) is 0 Å². The SMILES string of the molecule is Cc1cc(C2CC(C(=O)NCc3ccco3)CN(C(=O)NC(C)C)C2)ccc1F. The summed E-state index contributed by atoms with van der Waals surface area (Å²) in [6.07, 6.45) is 2.16. The lowest BCUT2D eigenvalue weighted by molar-refractivity contribution is -0.126. The first-order chi connectivity index (χ1) is 13.8. The first-order valence-corrected chi connectivity index (χ1v) is 9.95. The molecule has 2 unspecified atom stereocenters. The number of furan rings is 1. The smallest absolute Gasteiger partial charge is 0.317 e. The van der Waals surface area contributed by atoms with Crippen molar-refractivity contribution in [3.63, 3.8) is 0 Å². The van der Waals surface area contributed by atoms with E-state index in [0.717, 1.165) is 5.56 Å². The standard InChI is InChI=1S/C22H28FN3O3/c1-14(2)25-22(28)26-12-17(16-6-7-20(23)15(3)9-16)10-18(13-26)21(27)24-11-19-5-4-8-29-19/h4-9,14,17-18H,10-13H2,1-3H3,(H,24,27)(H,25,28).